The van der Waals surface area contributed by atoms with Crippen molar-refractivity contribution in [2.45, 2.75) is 12.5 Å². The van der Waals surface area contributed by atoms with E-state index >= 15 is 0 Å². The number of hydrogen-bond donors (Lipinski definition) is 1. The van der Waals surface area contributed by atoms with Gasteiger partial charge in [0.05, 0.1) is 11.9 Å². The zero-order chi connectivity index (χ0) is 13.0. The maximum absolute atomic E-state index is 12.2. The second-order valence-corrected chi connectivity index (χ2v) is 7.00. The summed E-state index contributed by atoms with van der Waals surface area (Å²) in [5.74, 6) is 0.226. The quantitative estimate of drug-likeness (QED) is 0.694. The molecule has 2 rings (SSSR count). The van der Waals surface area contributed by atoms with Crippen LogP contribution in [0.25, 0.3) is 0 Å². The fourth-order valence-electron chi connectivity index (χ4n) is 2.45. The Morgan fingerprint density at radius 2 is 2.00 bits per heavy atom. The summed E-state index contributed by atoms with van der Waals surface area (Å²) in [7, 11) is -1.47. The average molecular weight is 277 g/mol. The highest BCUT2D eigenvalue weighted by molar-refractivity contribution is 7.89. The van der Waals surface area contributed by atoms with E-state index in [1.54, 1.807) is 11.4 Å². The van der Waals surface area contributed by atoms with Gasteiger partial charge in [-0.3, -0.25) is 4.90 Å². The van der Waals surface area contributed by atoms with Crippen molar-refractivity contribution in [1.82, 2.24) is 14.5 Å². The van der Waals surface area contributed by atoms with Crippen LogP contribution in [0.1, 0.15) is 6.42 Å². The first kappa shape index (κ1) is 14.2. The van der Waals surface area contributed by atoms with Gasteiger partial charge in [-0.2, -0.15) is 4.31 Å². The third kappa shape index (κ3) is 3.64. The van der Waals surface area contributed by atoms with Crippen LogP contribution in [-0.2, 0) is 14.8 Å². The van der Waals surface area contributed by atoms with Gasteiger partial charge < -0.3 is 10.1 Å². The second-order valence-electron chi connectivity index (χ2n) is 4.91. The third-order valence-electron chi connectivity index (χ3n) is 3.71. The Kier molecular flexibility index (Phi) is 4.97. The van der Waals surface area contributed by atoms with Crippen LogP contribution in [-0.4, -0.2) is 82.4 Å². The summed E-state index contributed by atoms with van der Waals surface area (Å²) in [5.41, 5.74) is 0. The lowest BCUT2D eigenvalue weighted by Crippen LogP contribution is -2.46. The van der Waals surface area contributed by atoms with E-state index in [9.17, 15) is 8.42 Å². The third-order valence-corrected chi connectivity index (χ3v) is 5.53. The standard InChI is InChI=1S/C11H23N3O3S/c1-17-11-2-5-14(10-11)18(15,16)9-8-13-6-3-12-4-7-13/h11-12H,2-10H2,1H3. The summed E-state index contributed by atoms with van der Waals surface area (Å²) in [5, 5.41) is 3.26. The molecule has 0 aromatic heterocycles. The fourth-order valence-corrected chi connectivity index (χ4v) is 3.98. The summed E-state index contributed by atoms with van der Waals surface area (Å²) >= 11 is 0. The molecule has 2 aliphatic heterocycles. The molecule has 2 saturated heterocycles. The van der Waals surface area contributed by atoms with Gasteiger partial charge in [0.1, 0.15) is 0 Å². The number of nitrogens with one attached hydrogen (secondary N) is 1. The number of rotatable bonds is 5. The van der Waals surface area contributed by atoms with E-state index < -0.39 is 10.0 Å². The molecule has 2 aliphatic rings. The molecule has 6 nitrogen and oxygen atoms in total. The number of ether oxygens (including phenoxy) is 1. The van der Waals surface area contributed by atoms with Crippen LogP contribution in [0.3, 0.4) is 0 Å². The molecule has 0 radical (unpaired) electrons. The molecule has 0 aromatic carbocycles. The van der Waals surface area contributed by atoms with Crippen LogP contribution in [0.4, 0.5) is 0 Å². The van der Waals surface area contributed by atoms with Gasteiger partial charge >= 0.3 is 0 Å². The van der Waals surface area contributed by atoms with Gasteiger partial charge in [0.2, 0.25) is 10.0 Å². The molecule has 0 bridgehead atoms. The average Bonchev–Trinajstić information content (AvgIpc) is 2.87. The Morgan fingerprint density at radius 3 is 2.61 bits per heavy atom. The summed E-state index contributed by atoms with van der Waals surface area (Å²) in [6, 6.07) is 0. The van der Waals surface area contributed by atoms with Crippen molar-refractivity contribution in [3.05, 3.63) is 0 Å². The van der Waals surface area contributed by atoms with Gasteiger partial charge in [0.15, 0.2) is 0 Å². The highest BCUT2D eigenvalue weighted by Gasteiger charge is 2.31. The van der Waals surface area contributed by atoms with Crippen molar-refractivity contribution in [2.24, 2.45) is 0 Å². The van der Waals surface area contributed by atoms with Gasteiger partial charge in [-0.15, -0.1) is 0 Å². The summed E-state index contributed by atoms with van der Waals surface area (Å²) in [6.45, 7) is 5.54. The van der Waals surface area contributed by atoms with E-state index in [1.807, 2.05) is 0 Å². The first-order valence-corrected chi connectivity index (χ1v) is 8.16. The van der Waals surface area contributed by atoms with Crippen LogP contribution < -0.4 is 5.32 Å². The van der Waals surface area contributed by atoms with Crippen molar-refractivity contribution in [3.8, 4) is 0 Å². The van der Waals surface area contributed by atoms with Crippen LogP contribution >= 0.6 is 0 Å². The van der Waals surface area contributed by atoms with Crippen molar-refractivity contribution in [3.63, 3.8) is 0 Å². The first-order valence-electron chi connectivity index (χ1n) is 6.55. The normalized spacial score (nSPS) is 27.7. The Balaban J connectivity index is 1.80. The van der Waals surface area contributed by atoms with Crippen LogP contribution in [0.2, 0.25) is 0 Å². The number of nitrogens with zero attached hydrogens (tertiary/aromatic N) is 2. The van der Waals surface area contributed by atoms with Gasteiger partial charge in [-0.1, -0.05) is 0 Å². The van der Waals surface area contributed by atoms with E-state index in [2.05, 4.69) is 10.2 Å². The molecule has 7 heteroatoms. The molecular weight excluding hydrogens is 254 g/mol. The predicted octanol–water partition coefficient (Wildman–Crippen LogP) is -1.06. The SMILES string of the molecule is COC1CCN(S(=O)(=O)CCN2CCNCC2)C1. The van der Waals surface area contributed by atoms with Crippen LogP contribution in [0.15, 0.2) is 0 Å². The van der Waals surface area contributed by atoms with Crippen molar-refractivity contribution < 1.29 is 13.2 Å². The van der Waals surface area contributed by atoms with E-state index in [1.165, 1.54) is 0 Å². The zero-order valence-corrected chi connectivity index (χ0v) is 11.8. The summed E-state index contributed by atoms with van der Waals surface area (Å²) < 4.78 is 31.1. The Morgan fingerprint density at radius 1 is 1.28 bits per heavy atom. The summed E-state index contributed by atoms with van der Waals surface area (Å²) in [6.07, 6.45) is 0.877. The van der Waals surface area contributed by atoms with Crippen molar-refractivity contribution in [1.29, 1.82) is 0 Å². The second kappa shape index (κ2) is 6.29. The number of piperazine rings is 1. The minimum absolute atomic E-state index is 0.0685. The summed E-state index contributed by atoms with van der Waals surface area (Å²) in [4.78, 5) is 2.21. The van der Waals surface area contributed by atoms with E-state index in [-0.39, 0.29) is 11.9 Å². The maximum Gasteiger partial charge on any atom is 0.215 e. The van der Waals surface area contributed by atoms with Crippen molar-refractivity contribution in [2.75, 3.05) is 58.7 Å². The molecule has 0 spiro atoms. The molecular formula is C11H23N3O3S. The van der Waals surface area contributed by atoms with Gasteiger partial charge in [0, 0.05) is 52.9 Å². The molecule has 0 amide bonds. The first-order chi connectivity index (χ1) is 8.62. The molecule has 1 atom stereocenters. The molecule has 0 aliphatic carbocycles. The topological polar surface area (TPSA) is 61.9 Å². The Bertz CT molecular complexity index is 355. The maximum atomic E-state index is 12.2. The van der Waals surface area contributed by atoms with Gasteiger partial charge in [-0.25, -0.2) is 8.42 Å². The van der Waals surface area contributed by atoms with Gasteiger partial charge in [-0.05, 0) is 6.42 Å². The Hall–Kier alpha value is -0.210. The smallest absolute Gasteiger partial charge is 0.215 e. The van der Waals surface area contributed by atoms with E-state index in [0.29, 0.717) is 19.6 Å². The molecule has 106 valence electrons. The minimum Gasteiger partial charge on any atom is -0.380 e. The lowest BCUT2D eigenvalue weighted by atomic mass is 10.3. The highest BCUT2D eigenvalue weighted by Crippen LogP contribution is 2.16. The van der Waals surface area contributed by atoms with E-state index in [0.717, 1.165) is 32.6 Å². The molecule has 2 fully saturated rings. The van der Waals surface area contributed by atoms with Crippen LogP contribution in [0.5, 0.6) is 0 Å². The Labute approximate surface area is 109 Å². The number of sulfonamides is 1. The lowest BCUT2D eigenvalue weighted by molar-refractivity contribution is 0.115. The van der Waals surface area contributed by atoms with Crippen LogP contribution in [0, 0.1) is 0 Å². The molecule has 1 unspecified atom stereocenters. The minimum atomic E-state index is -3.11. The van der Waals surface area contributed by atoms with E-state index in [4.69, 9.17) is 4.74 Å². The molecule has 0 aromatic rings. The van der Waals surface area contributed by atoms with Crippen molar-refractivity contribution >= 4 is 10.0 Å². The molecule has 1 N–H and O–H groups in total. The number of hydrogen-bond acceptors (Lipinski definition) is 5. The molecule has 18 heavy (non-hydrogen) atoms. The number of methoxy groups -OCH3 is 1. The predicted molar refractivity (Wildman–Crippen MR) is 70.1 cm³/mol. The lowest BCUT2D eigenvalue weighted by Gasteiger charge is -2.27. The van der Waals surface area contributed by atoms with Gasteiger partial charge in [0.25, 0.3) is 0 Å². The molecule has 0 saturated carbocycles. The largest absolute Gasteiger partial charge is 0.380 e. The molecule has 2 heterocycles. The zero-order valence-electron chi connectivity index (χ0n) is 11.0. The fraction of sp³-hybridized carbons (Fsp3) is 1.00. The highest BCUT2D eigenvalue weighted by atomic mass is 32.2. The monoisotopic (exact) mass is 277 g/mol.